The number of nitrogens with zero attached hydrogens (tertiary/aromatic N) is 1. The number of rotatable bonds is 4. The first kappa shape index (κ1) is 14.0. The average Bonchev–Trinajstić information content (AvgIpc) is 2.46. The van der Waals surface area contributed by atoms with Crippen LogP contribution in [0.15, 0.2) is 0 Å². The molecule has 0 saturated heterocycles. The number of hydrogen-bond donors (Lipinski definition) is 0. The lowest BCUT2D eigenvalue weighted by molar-refractivity contribution is 0.115. The summed E-state index contributed by atoms with van der Waals surface area (Å²) in [7, 11) is 4.47. The van der Waals surface area contributed by atoms with E-state index in [2.05, 4.69) is 39.8 Å². The Labute approximate surface area is 103 Å². The molecule has 96 valence electrons. The zero-order valence-electron chi connectivity index (χ0n) is 12.0. The van der Waals surface area contributed by atoms with Crippen molar-refractivity contribution in [2.75, 3.05) is 14.1 Å². The summed E-state index contributed by atoms with van der Waals surface area (Å²) in [6.45, 7) is 7.24. The molecule has 2 unspecified atom stereocenters. The van der Waals surface area contributed by atoms with Gasteiger partial charge >= 0.3 is 0 Å². The van der Waals surface area contributed by atoms with Crippen molar-refractivity contribution in [1.82, 2.24) is 4.90 Å². The largest absolute Gasteiger partial charge is 0.306 e. The van der Waals surface area contributed by atoms with Gasteiger partial charge in [-0.05, 0) is 38.8 Å². The summed E-state index contributed by atoms with van der Waals surface area (Å²) in [5, 5.41) is 0. The van der Waals surface area contributed by atoms with Crippen LogP contribution in [0, 0.1) is 17.8 Å². The van der Waals surface area contributed by atoms with Crippen LogP contribution in [0.4, 0.5) is 0 Å². The molecule has 1 fully saturated rings. The smallest absolute Gasteiger partial charge is 0.00941 e. The van der Waals surface area contributed by atoms with Crippen LogP contribution in [0.3, 0.4) is 0 Å². The van der Waals surface area contributed by atoms with E-state index in [1.165, 1.54) is 38.5 Å². The maximum atomic E-state index is 2.41. The van der Waals surface area contributed by atoms with Crippen LogP contribution < -0.4 is 0 Å². The minimum Gasteiger partial charge on any atom is -0.306 e. The molecule has 16 heavy (non-hydrogen) atoms. The van der Waals surface area contributed by atoms with Gasteiger partial charge in [-0.25, -0.2) is 0 Å². The minimum absolute atomic E-state index is 0.725. The van der Waals surface area contributed by atoms with Crippen LogP contribution in [-0.2, 0) is 0 Å². The molecule has 0 bridgehead atoms. The molecule has 0 heterocycles. The van der Waals surface area contributed by atoms with Crippen LogP contribution in [0.25, 0.3) is 0 Å². The molecule has 1 saturated carbocycles. The van der Waals surface area contributed by atoms with Gasteiger partial charge in [-0.15, -0.1) is 0 Å². The highest BCUT2D eigenvalue weighted by Gasteiger charge is 2.30. The highest BCUT2D eigenvalue weighted by atomic mass is 15.1. The molecule has 1 nitrogen and oxygen atoms in total. The lowest BCUT2D eigenvalue weighted by Gasteiger charge is -2.38. The lowest BCUT2D eigenvalue weighted by atomic mass is 9.75. The van der Waals surface area contributed by atoms with Gasteiger partial charge in [0.1, 0.15) is 0 Å². The van der Waals surface area contributed by atoms with Crippen LogP contribution >= 0.6 is 0 Å². The molecular weight excluding hydrogens is 194 g/mol. The summed E-state index contributed by atoms with van der Waals surface area (Å²) < 4.78 is 0. The zero-order valence-corrected chi connectivity index (χ0v) is 12.0. The van der Waals surface area contributed by atoms with Crippen molar-refractivity contribution in [1.29, 1.82) is 0 Å². The molecule has 2 atom stereocenters. The van der Waals surface area contributed by atoms with Crippen molar-refractivity contribution in [3.05, 3.63) is 0 Å². The fourth-order valence-electron chi connectivity index (χ4n) is 3.54. The Bertz CT molecular complexity index is 178. The van der Waals surface area contributed by atoms with E-state index >= 15 is 0 Å². The Morgan fingerprint density at radius 1 is 0.875 bits per heavy atom. The second kappa shape index (κ2) is 6.64. The summed E-state index contributed by atoms with van der Waals surface area (Å²) >= 11 is 0. The van der Waals surface area contributed by atoms with E-state index in [1.54, 1.807) is 0 Å². The van der Waals surface area contributed by atoms with E-state index in [9.17, 15) is 0 Å². The van der Waals surface area contributed by atoms with E-state index in [0.717, 1.165) is 23.8 Å². The van der Waals surface area contributed by atoms with E-state index < -0.39 is 0 Å². The first-order valence-electron chi connectivity index (χ1n) is 7.20. The van der Waals surface area contributed by atoms with Crippen molar-refractivity contribution in [2.24, 2.45) is 17.8 Å². The van der Waals surface area contributed by atoms with Gasteiger partial charge in [0.2, 0.25) is 0 Å². The molecule has 1 heteroatoms. The van der Waals surface area contributed by atoms with Crippen LogP contribution in [-0.4, -0.2) is 25.0 Å². The van der Waals surface area contributed by atoms with Crippen LogP contribution in [0.5, 0.6) is 0 Å². The van der Waals surface area contributed by atoms with Gasteiger partial charge in [-0.1, -0.05) is 52.4 Å². The Balaban J connectivity index is 2.67. The highest BCUT2D eigenvalue weighted by molar-refractivity contribution is 4.82. The van der Waals surface area contributed by atoms with Crippen molar-refractivity contribution >= 4 is 0 Å². The number of hydrogen-bond acceptors (Lipinski definition) is 1. The van der Waals surface area contributed by atoms with E-state index in [4.69, 9.17) is 0 Å². The first-order chi connectivity index (χ1) is 7.54. The monoisotopic (exact) mass is 225 g/mol. The van der Waals surface area contributed by atoms with Crippen LogP contribution in [0.2, 0.25) is 0 Å². The second-order valence-corrected chi connectivity index (χ2v) is 6.28. The Kier molecular flexibility index (Phi) is 5.82. The molecule has 0 aromatic heterocycles. The SMILES string of the molecule is CC(C)C(C1CCCCCC1)C(C)N(C)C. The Hall–Kier alpha value is -0.0400. The molecule has 0 N–H and O–H groups in total. The average molecular weight is 225 g/mol. The van der Waals surface area contributed by atoms with Crippen molar-refractivity contribution in [2.45, 2.75) is 65.3 Å². The van der Waals surface area contributed by atoms with Crippen molar-refractivity contribution in [3.8, 4) is 0 Å². The van der Waals surface area contributed by atoms with E-state index in [1.807, 2.05) is 0 Å². The summed E-state index contributed by atoms with van der Waals surface area (Å²) in [6, 6.07) is 0.725. The predicted molar refractivity (Wildman–Crippen MR) is 72.7 cm³/mol. The van der Waals surface area contributed by atoms with Gasteiger partial charge in [-0.2, -0.15) is 0 Å². The van der Waals surface area contributed by atoms with Crippen LogP contribution in [0.1, 0.15) is 59.3 Å². The molecule has 0 aromatic rings. The van der Waals surface area contributed by atoms with Gasteiger partial charge in [0, 0.05) is 6.04 Å². The molecule has 0 amide bonds. The normalized spacial score (nSPS) is 23.4. The summed E-state index contributed by atoms with van der Waals surface area (Å²) in [5.74, 6) is 2.67. The van der Waals surface area contributed by atoms with Gasteiger partial charge in [-0.3, -0.25) is 0 Å². The van der Waals surface area contributed by atoms with Crippen molar-refractivity contribution in [3.63, 3.8) is 0 Å². The third kappa shape index (κ3) is 3.76. The van der Waals surface area contributed by atoms with E-state index in [-0.39, 0.29) is 0 Å². The summed E-state index contributed by atoms with van der Waals surface area (Å²) in [6.07, 6.45) is 8.82. The van der Waals surface area contributed by atoms with E-state index in [0.29, 0.717) is 0 Å². The van der Waals surface area contributed by atoms with Crippen molar-refractivity contribution < 1.29 is 0 Å². The quantitative estimate of drug-likeness (QED) is 0.649. The molecule has 0 aliphatic heterocycles. The fourth-order valence-corrected chi connectivity index (χ4v) is 3.54. The molecule has 0 aromatic carbocycles. The first-order valence-corrected chi connectivity index (χ1v) is 7.20. The minimum atomic E-state index is 0.725. The van der Waals surface area contributed by atoms with Gasteiger partial charge < -0.3 is 4.90 Å². The lowest BCUT2D eigenvalue weighted by Crippen LogP contribution is -2.39. The van der Waals surface area contributed by atoms with Gasteiger partial charge in [0.25, 0.3) is 0 Å². The summed E-state index contributed by atoms with van der Waals surface area (Å²) in [5.41, 5.74) is 0. The zero-order chi connectivity index (χ0) is 12.1. The maximum absolute atomic E-state index is 2.41. The standard InChI is InChI=1S/C15H31N/c1-12(2)15(13(3)16(4)5)14-10-8-6-7-9-11-14/h12-15H,6-11H2,1-5H3. The third-order valence-electron chi connectivity index (χ3n) is 4.59. The summed E-state index contributed by atoms with van der Waals surface area (Å²) in [4.78, 5) is 2.41. The third-order valence-corrected chi connectivity index (χ3v) is 4.59. The molecule has 1 aliphatic rings. The molecule has 0 spiro atoms. The molecular formula is C15H31N. The Morgan fingerprint density at radius 3 is 1.75 bits per heavy atom. The predicted octanol–water partition coefficient (Wildman–Crippen LogP) is 4.18. The molecule has 1 aliphatic carbocycles. The fraction of sp³-hybridized carbons (Fsp3) is 1.00. The highest BCUT2D eigenvalue weighted by Crippen LogP contribution is 2.36. The van der Waals surface area contributed by atoms with Gasteiger partial charge in [0.05, 0.1) is 0 Å². The molecule has 1 rings (SSSR count). The molecule has 0 radical (unpaired) electrons. The Morgan fingerprint density at radius 2 is 1.38 bits per heavy atom. The topological polar surface area (TPSA) is 3.24 Å². The second-order valence-electron chi connectivity index (χ2n) is 6.28. The maximum Gasteiger partial charge on any atom is 0.00941 e. The van der Waals surface area contributed by atoms with Gasteiger partial charge in [0.15, 0.2) is 0 Å².